The van der Waals surface area contributed by atoms with Crippen LogP contribution in [-0.4, -0.2) is 33.7 Å². The Kier molecular flexibility index (Phi) is 3.76. The zero-order valence-electron chi connectivity index (χ0n) is 10.8. The third-order valence-corrected chi connectivity index (χ3v) is 2.65. The van der Waals surface area contributed by atoms with Gasteiger partial charge in [0, 0.05) is 25.9 Å². The first-order valence-corrected chi connectivity index (χ1v) is 5.91. The molecule has 2 aromatic heterocycles. The first-order chi connectivity index (χ1) is 8.81. The summed E-state index contributed by atoms with van der Waals surface area (Å²) in [4.78, 5) is 12.8. The molecule has 0 atom stereocenters. The van der Waals surface area contributed by atoms with E-state index in [-0.39, 0.29) is 0 Å². The highest BCUT2D eigenvalue weighted by molar-refractivity contribution is 5.58. The summed E-state index contributed by atoms with van der Waals surface area (Å²) < 4.78 is 7.32. The van der Waals surface area contributed by atoms with Gasteiger partial charge in [0.1, 0.15) is 12.2 Å². The number of aryl methyl sites for hydroxylation is 1. The van der Waals surface area contributed by atoms with Crippen LogP contribution in [0, 0.1) is 0 Å². The van der Waals surface area contributed by atoms with Crippen molar-refractivity contribution in [2.75, 3.05) is 19.5 Å². The summed E-state index contributed by atoms with van der Waals surface area (Å²) in [7, 11) is 3.41. The number of methoxy groups -OCH3 is 1. The molecule has 0 amide bonds. The summed E-state index contributed by atoms with van der Waals surface area (Å²) in [5.74, 6) is 2.96. The van der Waals surface area contributed by atoms with Crippen LogP contribution < -0.4 is 10.1 Å². The van der Waals surface area contributed by atoms with Crippen LogP contribution >= 0.6 is 0 Å². The van der Waals surface area contributed by atoms with Gasteiger partial charge in [0.25, 0.3) is 0 Å². The first kappa shape index (κ1) is 12.3. The summed E-state index contributed by atoms with van der Waals surface area (Å²) in [6.07, 6.45) is 7.10. The summed E-state index contributed by atoms with van der Waals surface area (Å²) in [5.41, 5.74) is 0. The smallest absolute Gasteiger partial charge is 0.205 e. The number of anilines is 1. The lowest BCUT2D eigenvalue weighted by atomic mass is 10.3. The van der Waals surface area contributed by atoms with Gasteiger partial charge >= 0.3 is 0 Å². The van der Waals surface area contributed by atoms with Crippen molar-refractivity contribution in [3.05, 3.63) is 24.5 Å². The van der Waals surface area contributed by atoms with Crippen LogP contribution in [0.2, 0.25) is 0 Å². The molecule has 6 heteroatoms. The molecule has 0 saturated heterocycles. The van der Waals surface area contributed by atoms with E-state index >= 15 is 0 Å². The van der Waals surface area contributed by atoms with Crippen LogP contribution in [0.25, 0.3) is 5.82 Å². The highest BCUT2D eigenvalue weighted by atomic mass is 16.5. The molecule has 0 aromatic carbocycles. The Hall–Kier alpha value is -2.11. The molecule has 0 aliphatic heterocycles. The summed E-state index contributed by atoms with van der Waals surface area (Å²) in [6.45, 7) is 2.12. The molecular weight excluding hydrogens is 230 g/mol. The van der Waals surface area contributed by atoms with Crippen molar-refractivity contribution < 1.29 is 4.74 Å². The Labute approximate surface area is 106 Å². The van der Waals surface area contributed by atoms with Crippen LogP contribution in [0.15, 0.2) is 18.7 Å². The van der Waals surface area contributed by atoms with Gasteiger partial charge in [0.05, 0.1) is 7.11 Å². The topological polar surface area (TPSA) is 64.9 Å². The Morgan fingerprint density at radius 3 is 2.83 bits per heavy atom. The Bertz CT molecular complexity index is 523. The van der Waals surface area contributed by atoms with Crippen molar-refractivity contribution in [3.63, 3.8) is 0 Å². The highest BCUT2D eigenvalue weighted by Crippen LogP contribution is 2.28. The SMILES string of the molecule is CCCc1nccn1-c1ncnc(NC)c1OC. The molecule has 1 N–H and O–H groups in total. The Morgan fingerprint density at radius 2 is 2.17 bits per heavy atom. The van der Waals surface area contributed by atoms with Gasteiger partial charge in [-0.25, -0.2) is 15.0 Å². The minimum absolute atomic E-state index is 0.621. The first-order valence-electron chi connectivity index (χ1n) is 5.91. The molecule has 96 valence electrons. The maximum atomic E-state index is 5.39. The molecule has 0 fully saturated rings. The van der Waals surface area contributed by atoms with Gasteiger partial charge in [-0.2, -0.15) is 0 Å². The van der Waals surface area contributed by atoms with Gasteiger partial charge in [0.2, 0.25) is 5.75 Å². The van der Waals surface area contributed by atoms with Crippen LogP contribution in [0.5, 0.6) is 5.75 Å². The number of hydrogen-bond acceptors (Lipinski definition) is 5. The second-order valence-corrected chi connectivity index (χ2v) is 3.79. The zero-order chi connectivity index (χ0) is 13.0. The fraction of sp³-hybridized carbons (Fsp3) is 0.417. The van der Waals surface area contributed by atoms with Crippen molar-refractivity contribution in [2.45, 2.75) is 19.8 Å². The van der Waals surface area contributed by atoms with Crippen molar-refractivity contribution >= 4 is 5.82 Å². The lowest BCUT2D eigenvalue weighted by Crippen LogP contribution is -2.07. The highest BCUT2D eigenvalue weighted by Gasteiger charge is 2.15. The molecule has 0 spiro atoms. The summed E-state index contributed by atoms with van der Waals surface area (Å²) in [5, 5.41) is 2.99. The van der Waals surface area contributed by atoms with E-state index in [0.29, 0.717) is 17.4 Å². The fourth-order valence-corrected chi connectivity index (χ4v) is 1.84. The predicted molar refractivity (Wildman–Crippen MR) is 69.2 cm³/mol. The van der Waals surface area contributed by atoms with Gasteiger partial charge in [-0.1, -0.05) is 6.92 Å². The maximum Gasteiger partial charge on any atom is 0.205 e. The Balaban J connectivity index is 2.52. The van der Waals surface area contributed by atoms with Gasteiger partial charge in [-0.05, 0) is 6.42 Å². The maximum absolute atomic E-state index is 5.39. The van der Waals surface area contributed by atoms with E-state index in [1.54, 1.807) is 20.4 Å². The second kappa shape index (κ2) is 5.48. The number of aromatic nitrogens is 4. The van der Waals surface area contributed by atoms with Gasteiger partial charge in [0.15, 0.2) is 11.6 Å². The summed E-state index contributed by atoms with van der Waals surface area (Å²) >= 11 is 0. The molecule has 0 radical (unpaired) electrons. The van der Waals surface area contributed by atoms with E-state index in [4.69, 9.17) is 4.74 Å². The standard InChI is InChI=1S/C12H17N5O/c1-4-5-9-14-6-7-17(9)12-10(18-3)11(13-2)15-8-16-12/h6-8H,4-5H2,1-3H3,(H,13,15,16). The van der Waals surface area contributed by atoms with E-state index in [1.165, 1.54) is 6.33 Å². The molecule has 0 bridgehead atoms. The number of hydrogen-bond donors (Lipinski definition) is 1. The van der Waals surface area contributed by atoms with Crippen molar-refractivity contribution in [1.82, 2.24) is 19.5 Å². The van der Waals surface area contributed by atoms with Gasteiger partial charge < -0.3 is 10.1 Å². The third-order valence-electron chi connectivity index (χ3n) is 2.65. The monoisotopic (exact) mass is 247 g/mol. The minimum atomic E-state index is 0.621. The Morgan fingerprint density at radius 1 is 1.33 bits per heavy atom. The van der Waals surface area contributed by atoms with Crippen molar-refractivity contribution in [1.29, 1.82) is 0 Å². The van der Waals surface area contributed by atoms with Crippen molar-refractivity contribution in [3.8, 4) is 11.6 Å². The average molecular weight is 247 g/mol. The molecule has 2 aromatic rings. The normalized spacial score (nSPS) is 10.4. The third kappa shape index (κ3) is 2.13. The second-order valence-electron chi connectivity index (χ2n) is 3.79. The van der Waals surface area contributed by atoms with Crippen LogP contribution in [0.4, 0.5) is 5.82 Å². The van der Waals surface area contributed by atoms with E-state index in [9.17, 15) is 0 Å². The predicted octanol–water partition coefficient (Wildman–Crippen LogP) is 1.67. The molecule has 0 saturated carbocycles. The fourth-order valence-electron chi connectivity index (χ4n) is 1.84. The molecule has 18 heavy (non-hydrogen) atoms. The quantitative estimate of drug-likeness (QED) is 0.870. The molecular formula is C12H17N5O. The van der Waals surface area contributed by atoms with E-state index < -0.39 is 0 Å². The van der Waals surface area contributed by atoms with Crippen LogP contribution in [-0.2, 0) is 6.42 Å². The van der Waals surface area contributed by atoms with E-state index in [2.05, 4.69) is 27.2 Å². The van der Waals surface area contributed by atoms with E-state index in [0.717, 1.165) is 18.7 Å². The molecule has 0 aliphatic carbocycles. The molecule has 6 nitrogen and oxygen atoms in total. The number of nitrogens with one attached hydrogen (secondary N) is 1. The number of rotatable bonds is 5. The average Bonchev–Trinajstić information content (AvgIpc) is 2.86. The van der Waals surface area contributed by atoms with Crippen LogP contribution in [0.1, 0.15) is 19.2 Å². The lowest BCUT2D eigenvalue weighted by Gasteiger charge is -2.13. The molecule has 0 unspecified atom stereocenters. The van der Waals surface area contributed by atoms with Crippen molar-refractivity contribution in [2.24, 2.45) is 0 Å². The molecule has 2 heterocycles. The van der Waals surface area contributed by atoms with Gasteiger partial charge in [-0.3, -0.25) is 4.57 Å². The molecule has 0 aliphatic rings. The molecule has 2 rings (SSSR count). The minimum Gasteiger partial charge on any atom is -0.490 e. The van der Waals surface area contributed by atoms with Crippen LogP contribution in [0.3, 0.4) is 0 Å². The number of nitrogens with zero attached hydrogens (tertiary/aromatic N) is 4. The lowest BCUT2D eigenvalue weighted by molar-refractivity contribution is 0.410. The zero-order valence-corrected chi connectivity index (χ0v) is 10.8. The number of imidazole rings is 1. The summed E-state index contributed by atoms with van der Waals surface area (Å²) in [6, 6.07) is 0. The van der Waals surface area contributed by atoms with Gasteiger partial charge in [-0.15, -0.1) is 0 Å². The van der Waals surface area contributed by atoms with E-state index in [1.807, 2.05) is 10.8 Å². The largest absolute Gasteiger partial charge is 0.490 e. The number of ether oxygens (including phenoxy) is 1.